The average Bonchev–Trinajstić information content (AvgIpc) is 3.60. The maximum Gasteiger partial charge on any atom is 0.257 e. The van der Waals surface area contributed by atoms with E-state index in [1.165, 1.54) is 6.07 Å². The molecule has 1 N–H and O–H groups in total. The molecule has 0 spiro atoms. The van der Waals surface area contributed by atoms with Gasteiger partial charge in [0.25, 0.3) is 5.91 Å². The van der Waals surface area contributed by atoms with Gasteiger partial charge in [-0.25, -0.2) is 4.39 Å². The fraction of sp³-hybridized carbons (Fsp3) is 0.577. The third kappa shape index (κ3) is 4.57. The van der Waals surface area contributed by atoms with Crippen LogP contribution in [0.2, 0.25) is 0 Å². The van der Waals surface area contributed by atoms with Gasteiger partial charge < -0.3 is 14.7 Å². The SMILES string of the molecule is COC1=CCC(C2(CCO)CCC(N(C(=O)c3ccc(C)cc3F)C3CC3)CC2)C=C1. The summed E-state index contributed by atoms with van der Waals surface area (Å²) in [6.45, 7) is 2.01. The van der Waals surface area contributed by atoms with E-state index in [1.54, 1.807) is 13.2 Å². The Kier molecular flexibility index (Phi) is 6.52. The van der Waals surface area contributed by atoms with Gasteiger partial charge >= 0.3 is 0 Å². The summed E-state index contributed by atoms with van der Waals surface area (Å²) >= 11 is 0. The molecule has 1 aromatic carbocycles. The maximum atomic E-state index is 14.5. The fourth-order valence-electron chi connectivity index (χ4n) is 5.61. The number of allylic oxidation sites excluding steroid dienone is 3. The number of aliphatic hydroxyl groups excluding tert-OH is 1. The Bertz CT molecular complexity index is 865. The van der Waals surface area contributed by atoms with Gasteiger partial charge in [-0.2, -0.15) is 0 Å². The number of carbonyl (C=O) groups excluding carboxylic acids is 1. The molecule has 2 saturated carbocycles. The van der Waals surface area contributed by atoms with Gasteiger partial charge in [0.2, 0.25) is 0 Å². The second-order valence-corrected chi connectivity index (χ2v) is 9.51. The Balaban J connectivity index is 1.49. The zero-order valence-corrected chi connectivity index (χ0v) is 18.6. The minimum absolute atomic E-state index is 0.0465. The number of amides is 1. The molecule has 0 aromatic heterocycles. The molecule has 1 atom stereocenters. The number of hydrogen-bond acceptors (Lipinski definition) is 3. The molecule has 4 rings (SSSR count). The first kappa shape index (κ1) is 22.1. The number of ether oxygens (including phenoxy) is 1. The summed E-state index contributed by atoms with van der Waals surface area (Å²) in [5.74, 6) is 0.688. The number of methoxy groups -OCH3 is 1. The Morgan fingerprint density at radius 3 is 2.48 bits per heavy atom. The molecule has 1 aromatic rings. The Morgan fingerprint density at radius 1 is 1.23 bits per heavy atom. The molecule has 0 aliphatic heterocycles. The molecule has 5 heteroatoms. The number of hydrogen-bond donors (Lipinski definition) is 1. The van der Waals surface area contributed by atoms with E-state index in [1.807, 2.05) is 24.0 Å². The van der Waals surface area contributed by atoms with Gasteiger partial charge in [-0.3, -0.25) is 4.79 Å². The number of nitrogens with zero attached hydrogens (tertiary/aromatic N) is 1. The molecule has 31 heavy (non-hydrogen) atoms. The fourth-order valence-corrected chi connectivity index (χ4v) is 5.61. The van der Waals surface area contributed by atoms with E-state index in [9.17, 15) is 14.3 Å². The zero-order valence-electron chi connectivity index (χ0n) is 18.6. The Morgan fingerprint density at radius 2 is 1.94 bits per heavy atom. The molecular formula is C26H34FNO3. The van der Waals surface area contributed by atoms with Crippen molar-refractivity contribution in [3.63, 3.8) is 0 Å². The van der Waals surface area contributed by atoms with Crippen LogP contribution in [-0.4, -0.2) is 41.7 Å². The molecule has 1 amide bonds. The van der Waals surface area contributed by atoms with Crippen molar-refractivity contribution in [3.8, 4) is 0 Å². The van der Waals surface area contributed by atoms with Crippen LogP contribution in [0.15, 0.2) is 42.2 Å². The van der Waals surface area contributed by atoms with Crippen molar-refractivity contribution in [1.82, 2.24) is 4.90 Å². The second kappa shape index (κ2) is 9.15. The zero-order chi connectivity index (χ0) is 22.0. The molecule has 168 valence electrons. The van der Waals surface area contributed by atoms with Crippen LogP contribution in [0.3, 0.4) is 0 Å². The van der Waals surface area contributed by atoms with Gasteiger partial charge in [-0.05, 0) is 99.5 Å². The van der Waals surface area contributed by atoms with Crippen LogP contribution in [-0.2, 0) is 4.74 Å². The van der Waals surface area contributed by atoms with Crippen molar-refractivity contribution in [2.75, 3.05) is 13.7 Å². The lowest BCUT2D eigenvalue weighted by Gasteiger charge is -2.47. The summed E-state index contributed by atoms with van der Waals surface area (Å²) in [5.41, 5.74) is 1.06. The van der Waals surface area contributed by atoms with E-state index in [2.05, 4.69) is 12.2 Å². The molecule has 2 fully saturated rings. The van der Waals surface area contributed by atoms with Crippen molar-refractivity contribution in [1.29, 1.82) is 0 Å². The molecule has 0 saturated heterocycles. The van der Waals surface area contributed by atoms with E-state index < -0.39 is 5.82 Å². The van der Waals surface area contributed by atoms with Crippen molar-refractivity contribution in [3.05, 3.63) is 59.1 Å². The normalized spacial score (nSPS) is 28.2. The highest BCUT2D eigenvalue weighted by Crippen LogP contribution is 2.50. The number of aryl methyl sites for hydroxylation is 1. The number of halogens is 1. The van der Waals surface area contributed by atoms with Crippen LogP contribution in [0.1, 0.15) is 67.3 Å². The van der Waals surface area contributed by atoms with Gasteiger partial charge in [0.15, 0.2) is 0 Å². The van der Waals surface area contributed by atoms with Crippen LogP contribution in [0.25, 0.3) is 0 Å². The van der Waals surface area contributed by atoms with Crippen LogP contribution in [0.5, 0.6) is 0 Å². The first-order chi connectivity index (χ1) is 15.0. The molecule has 0 bridgehead atoms. The number of aliphatic hydroxyl groups is 1. The summed E-state index contributed by atoms with van der Waals surface area (Å²) in [4.78, 5) is 15.3. The smallest absolute Gasteiger partial charge is 0.257 e. The molecule has 0 radical (unpaired) electrons. The lowest BCUT2D eigenvalue weighted by molar-refractivity contribution is 0.0291. The van der Waals surface area contributed by atoms with Gasteiger partial charge in [-0.1, -0.05) is 12.1 Å². The molecule has 4 nitrogen and oxygen atoms in total. The summed E-state index contributed by atoms with van der Waals surface area (Å²) in [6.07, 6.45) is 13.9. The number of carbonyl (C=O) groups is 1. The lowest BCUT2D eigenvalue weighted by Crippen LogP contribution is -2.47. The van der Waals surface area contributed by atoms with Crippen LogP contribution < -0.4 is 0 Å². The van der Waals surface area contributed by atoms with Crippen molar-refractivity contribution < 1.29 is 19.0 Å². The first-order valence-corrected chi connectivity index (χ1v) is 11.6. The van der Waals surface area contributed by atoms with E-state index in [-0.39, 0.29) is 35.6 Å². The van der Waals surface area contributed by atoms with Crippen molar-refractivity contribution in [2.45, 2.75) is 70.4 Å². The molecule has 3 aliphatic carbocycles. The highest BCUT2D eigenvalue weighted by molar-refractivity contribution is 5.95. The Hall–Kier alpha value is -2.14. The first-order valence-electron chi connectivity index (χ1n) is 11.6. The van der Waals surface area contributed by atoms with E-state index in [4.69, 9.17) is 4.74 Å². The molecule has 3 aliphatic rings. The Labute approximate surface area is 184 Å². The summed E-state index contributed by atoms with van der Waals surface area (Å²) in [5, 5.41) is 9.81. The topological polar surface area (TPSA) is 49.8 Å². The number of rotatable bonds is 7. The van der Waals surface area contributed by atoms with Crippen LogP contribution >= 0.6 is 0 Å². The van der Waals surface area contributed by atoms with Gasteiger partial charge in [0.1, 0.15) is 11.6 Å². The standard InChI is InChI=1S/C26H34FNO3/c1-18-3-10-23(24(27)17-18)25(30)28(20-6-7-20)21-11-13-26(14-12-21,15-16-29)19-4-8-22(31-2)9-5-19/h3-4,8-10,17,19-21,29H,5-7,11-16H2,1-2H3. The third-order valence-electron chi connectivity index (χ3n) is 7.57. The van der Waals surface area contributed by atoms with Crippen LogP contribution in [0.4, 0.5) is 4.39 Å². The predicted octanol–water partition coefficient (Wildman–Crippen LogP) is 5.16. The van der Waals surface area contributed by atoms with Gasteiger partial charge in [0.05, 0.1) is 12.7 Å². The quantitative estimate of drug-likeness (QED) is 0.654. The maximum absolute atomic E-state index is 14.5. The average molecular weight is 428 g/mol. The lowest BCUT2D eigenvalue weighted by atomic mass is 9.61. The van der Waals surface area contributed by atoms with Gasteiger partial charge in [0, 0.05) is 18.7 Å². The van der Waals surface area contributed by atoms with Crippen LogP contribution in [0, 0.1) is 24.1 Å². The number of benzene rings is 1. The van der Waals surface area contributed by atoms with E-state index in [0.29, 0.717) is 5.92 Å². The van der Waals surface area contributed by atoms with E-state index >= 15 is 0 Å². The van der Waals surface area contributed by atoms with Gasteiger partial charge in [-0.15, -0.1) is 0 Å². The minimum atomic E-state index is -0.422. The summed E-state index contributed by atoms with van der Waals surface area (Å²) < 4.78 is 19.9. The summed E-state index contributed by atoms with van der Waals surface area (Å²) in [7, 11) is 1.69. The largest absolute Gasteiger partial charge is 0.497 e. The molecule has 0 heterocycles. The highest BCUT2D eigenvalue weighted by Gasteiger charge is 2.45. The second-order valence-electron chi connectivity index (χ2n) is 9.51. The summed E-state index contributed by atoms with van der Waals surface area (Å²) in [6, 6.07) is 5.28. The third-order valence-corrected chi connectivity index (χ3v) is 7.57. The highest BCUT2D eigenvalue weighted by atomic mass is 19.1. The monoisotopic (exact) mass is 427 g/mol. The molecule has 1 unspecified atom stereocenters. The van der Waals surface area contributed by atoms with Crippen molar-refractivity contribution >= 4 is 5.91 Å². The van der Waals surface area contributed by atoms with E-state index in [0.717, 1.165) is 62.7 Å². The van der Waals surface area contributed by atoms with Crippen molar-refractivity contribution in [2.24, 2.45) is 11.3 Å². The minimum Gasteiger partial charge on any atom is -0.497 e. The predicted molar refractivity (Wildman–Crippen MR) is 119 cm³/mol. The molecular weight excluding hydrogens is 393 g/mol.